The molecule has 1 aromatic heterocycles. The van der Waals surface area contributed by atoms with Gasteiger partial charge in [-0.1, -0.05) is 6.42 Å². The second kappa shape index (κ2) is 10.5. The Balaban J connectivity index is 2.58. The van der Waals surface area contributed by atoms with E-state index in [1.807, 2.05) is 18.8 Å². The van der Waals surface area contributed by atoms with Gasteiger partial charge in [0.2, 0.25) is 17.8 Å². The predicted molar refractivity (Wildman–Crippen MR) is 93.7 cm³/mol. The average Bonchev–Trinajstić information content (AvgIpc) is 2.51. The van der Waals surface area contributed by atoms with Crippen LogP contribution in [0, 0.1) is 0 Å². The lowest BCUT2D eigenvalue weighted by atomic mass is 10.2. The monoisotopic (exact) mass is 312 g/mol. The Morgan fingerprint density at radius 1 is 1.00 bits per heavy atom. The van der Waals surface area contributed by atoms with Crippen molar-refractivity contribution < 1.29 is 0 Å². The SMILES string of the molecule is CCN(CC)c1nc(NC)nc(NCCCCCSC)n1. The fourth-order valence-electron chi connectivity index (χ4n) is 1.95. The van der Waals surface area contributed by atoms with Crippen LogP contribution in [-0.2, 0) is 0 Å². The summed E-state index contributed by atoms with van der Waals surface area (Å²) in [5.41, 5.74) is 0. The normalized spacial score (nSPS) is 10.5. The van der Waals surface area contributed by atoms with Gasteiger partial charge in [-0.25, -0.2) is 0 Å². The smallest absolute Gasteiger partial charge is 0.231 e. The molecule has 1 heterocycles. The first-order valence-corrected chi connectivity index (χ1v) is 9.06. The molecule has 21 heavy (non-hydrogen) atoms. The van der Waals surface area contributed by atoms with Crippen LogP contribution in [0.5, 0.6) is 0 Å². The first kappa shape index (κ1) is 17.8. The number of thioether (sulfide) groups is 1. The second-order valence-corrected chi connectivity index (χ2v) is 5.67. The maximum Gasteiger partial charge on any atom is 0.231 e. The lowest BCUT2D eigenvalue weighted by Crippen LogP contribution is -2.25. The van der Waals surface area contributed by atoms with Gasteiger partial charge in [-0.05, 0) is 38.7 Å². The van der Waals surface area contributed by atoms with Crippen LogP contribution >= 0.6 is 11.8 Å². The highest BCUT2D eigenvalue weighted by molar-refractivity contribution is 7.98. The molecule has 0 radical (unpaired) electrons. The van der Waals surface area contributed by atoms with E-state index in [4.69, 9.17) is 0 Å². The van der Waals surface area contributed by atoms with E-state index in [9.17, 15) is 0 Å². The topological polar surface area (TPSA) is 66.0 Å². The van der Waals surface area contributed by atoms with E-state index < -0.39 is 0 Å². The molecule has 0 saturated carbocycles. The summed E-state index contributed by atoms with van der Waals surface area (Å²) in [7, 11) is 1.83. The molecule has 0 aromatic carbocycles. The number of hydrogen-bond donors (Lipinski definition) is 2. The Kier molecular flexibility index (Phi) is 8.89. The quantitative estimate of drug-likeness (QED) is 0.609. The van der Waals surface area contributed by atoms with Crippen molar-refractivity contribution in [3.05, 3.63) is 0 Å². The van der Waals surface area contributed by atoms with Crippen molar-refractivity contribution in [1.82, 2.24) is 15.0 Å². The summed E-state index contributed by atoms with van der Waals surface area (Å²) in [5.74, 6) is 3.23. The third kappa shape index (κ3) is 6.37. The predicted octanol–water partition coefficient (Wildman–Crippen LogP) is 2.70. The highest BCUT2D eigenvalue weighted by Crippen LogP contribution is 2.13. The number of unbranched alkanes of at least 4 members (excludes halogenated alkanes) is 2. The van der Waals surface area contributed by atoms with E-state index in [1.54, 1.807) is 0 Å². The van der Waals surface area contributed by atoms with Gasteiger partial charge in [0.05, 0.1) is 0 Å². The minimum atomic E-state index is 0.608. The molecule has 0 aliphatic heterocycles. The summed E-state index contributed by atoms with van der Waals surface area (Å²) < 4.78 is 0. The molecule has 0 spiro atoms. The zero-order chi connectivity index (χ0) is 15.5. The first-order chi connectivity index (χ1) is 10.2. The lowest BCUT2D eigenvalue weighted by molar-refractivity contribution is 0.744. The molecule has 7 heteroatoms. The minimum absolute atomic E-state index is 0.608. The molecule has 120 valence electrons. The van der Waals surface area contributed by atoms with Gasteiger partial charge in [-0.3, -0.25) is 0 Å². The van der Waals surface area contributed by atoms with E-state index in [2.05, 4.69) is 50.6 Å². The summed E-state index contributed by atoms with van der Waals surface area (Å²) in [4.78, 5) is 15.4. The van der Waals surface area contributed by atoms with Gasteiger partial charge in [0, 0.05) is 26.7 Å². The molecule has 0 amide bonds. The molecule has 6 nitrogen and oxygen atoms in total. The molecule has 0 bridgehead atoms. The van der Waals surface area contributed by atoms with E-state index in [0.29, 0.717) is 11.9 Å². The van der Waals surface area contributed by atoms with E-state index in [0.717, 1.165) is 32.0 Å². The Morgan fingerprint density at radius 3 is 2.33 bits per heavy atom. The molecule has 2 N–H and O–H groups in total. The van der Waals surface area contributed by atoms with E-state index in [1.165, 1.54) is 18.6 Å². The number of nitrogens with zero attached hydrogens (tertiary/aromatic N) is 4. The molecular formula is C14H28N6S. The fourth-order valence-corrected chi connectivity index (χ4v) is 2.44. The van der Waals surface area contributed by atoms with Crippen LogP contribution in [0.4, 0.5) is 17.8 Å². The molecule has 0 saturated heterocycles. The van der Waals surface area contributed by atoms with Gasteiger partial charge in [-0.2, -0.15) is 26.7 Å². The fraction of sp³-hybridized carbons (Fsp3) is 0.786. The van der Waals surface area contributed by atoms with Gasteiger partial charge in [0.25, 0.3) is 0 Å². The number of rotatable bonds is 11. The van der Waals surface area contributed by atoms with Crippen LogP contribution in [0.3, 0.4) is 0 Å². The molecule has 0 aliphatic rings. The number of anilines is 3. The van der Waals surface area contributed by atoms with Crippen LogP contribution in [0.15, 0.2) is 0 Å². The first-order valence-electron chi connectivity index (χ1n) is 7.66. The molecule has 0 fully saturated rings. The lowest BCUT2D eigenvalue weighted by Gasteiger charge is -2.19. The zero-order valence-electron chi connectivity index (χ0n) is 13.6. The largest absolute Gasteiger partial charge is 0.357 e. The summed E-state index contributed by atoms with van der Waals surface area (Å²) >= 11 is 1.90. The summed E-state index contributed by atoms with van der Waals surface area (Å²) in [6.07, 6.45) is 5.80. The molecule has 1 rings (SSSR count). The third-order valence-electron chi connectivity index (χ3n) is 3.20. The third-order valence-corrected chi connectivity index (χ3v) is 3.90. The van der Waals surface area contributed by atoms with Crippen molar-refractivity contribution in [3.8, 4) is 0 Å². The number of hydrogen-bond acceptors (Lipinski definition) is 7. The number of nitrogens with one attached hydrogen (secondary N) is 2. The van der Waals surface area contributed by atoms with Gasteiger partial charge in [0.15, 0.2) is 0 Å². The van der Waals surface area contributed by atoms with Crippen LogP contribution < -0.4 is 15.5 Å². The average molecular weight is 312 g/mol. The van der Waals surface area contributed by atoms with Crippen molar-refractivity contribution in [2.45, 2.75) is 33.1 Å². The Bertz CT molecular complexity index is 397. The van der Waals surface area contributed by atoms with Crippen molar-refractivity contribution in [2.24, 2.45) is 0 Å². The standard InChI is InChI=1S/C14H28N6S/c1-5-20(6-2)14-18-12(15-3)17-13(19-14)16-10-8-7-9-11-21-4/h5-11H2,1-4H3,(H2,15,16,17,18,19). The summed E-state index contributed by atoms with van der Waals surface area (Å²) in [6, 6.07) is 0. The van der Waals surface area contributed by atoms with Crippen molar-refractivity contribution >= 4 is 29.6 Å². The Morgan fingerprint density at radius 2 is 1.71 bits per heavy atom. The van der Waals surface area contributed by atoms with Crippen LogP contribution in [0.2, 0.25) is 0 Å². The second-order valence-electron chi connectivity index (χ2n) is 4.69. The van der Waals surface area contributed by atoms with Crippen LogP contribution in [0.25, 0.3) is 0 Å². The molecular weight excluding hydrogens is 284 g/mol. The Labute approximate surface area is 132 Å². The highest BCUT2D eigenvalue weighted by Gasteiger charge is 2.10. The van der Waals surface area contributed by atoms with Crippen molar-refractivity contribution in [3.63, 3.8) is 0 Å². The molecule has 0 atom stereocenters. The molecule has 0 unspecified atom stereocenters. The van der Waals surface area contributed by atoms with Crippen molar-refractivity contribution in [2.75, 3.05) is 54.2 Å². The maximum absolute atomic E-state index is 4.51. The summed E-state index contributed by atoms with van der Waals surface area (Å²) in [6.45, 7) is 6.88. The van der Waals surface area contributed by atoms with E-state index in [-0.39, 0.29) is 0 Å². The molecule has 1 aromatic rings. The summed E-state index contributed by atoms with van der Waals surface area (Å²) in [5, 5.41) is 6.30. The van der Waals surface area contributed by atoms with Crippen molar-refractivity contribution in [1.29, 1.82) is 0 Å². The van der Waals surface area contributed by atoms with Gasteiger partial charge < -0.3 is 15.5 Å². The Hall–Kier alpha value is -1.24. The number of aromatic nitrogens is 3. The highest BCUT2D eigenvalue weighted by atomic mass is 32.2. The van der Waals surface area contributed by atoms with Gasteiger partial charge >= 0.3 is 0 Å². The van der Waals surface area contributed by atoms with E-state index >= 15 is 0 Å². The molecule has 0 aliphatic carbocycles. The van der Waals surface area contributed by atoms with Crippen LogP contribution in [-0.4, -0.2) is 53.6 Å². The van der Waals surface area contributed by atoms with Gasteiger partial charge in [0.1, 0.15) is 0 Å². The van der Waals surface area contributed by atoms with Gasteiger partial charge in [-0.15, -0.1) is 0 Å². The minimum Gasteiger partial charge on any atom is -0.357 e. The maximum atomic E-state index is 4.51. The zero-order valence-corrected chi connectivity index (χ0v) is 14.5. The van der Waals surface area contributed by atoms with Crippen LogP contribution in [0.1, 0.15) is 33.1 Å².